The molecule has 0 radical (unpaired) electrons. The summed E-state index contributed by atoms with van der Waals surface area (Å²) in [4.78, 5) is 13.8. The minimum atomic E-state index is -0.223. The van der Waals surface area contributed by atoms with Crippen LogP contribution in [-0.2, 0) is 14.9 Å². The van der Waals surface area contributed by atoms with Crippen molar-refractivity contribution in [3.8, 4) is 0 Å². The summed E-state index contributed by atoms with van der Waals surface area (Å²) in [5.74, 6) is -0.0344. The SMILES string of the molecule is O=C1CCCN1c1cccc(NCC2(c3ccc(F)cc3)CCOC2)c1. The molecule has 2 aliphatic rings. The Hall–Kier alpha value is -2.40. The van der Waals surface area contributed by atoms with Gasteiger partial charge in [0.1, 0.15) is 5.82 Å². The first-order chi connectivity index (χ1) is 12.7. The Morgan fingerprint density at radius 1 is 1.19 bits per heavy atom. The smallest absolute Gasteiger partial charge is 0.227 e. The fourth-order valence-electron chi connectivity index (χ4n) is 3.86. The molecule has 1 amide bonds. The lowest BCUT2D eigenvalue weighted by Crippen LogP contribution is -2.35. The average molecular weight is 354 g/mol. The molecule has 2 aromatic carbocycles. The molecule has 1 N–H and O–H groups in total. The van der Waals surface area contributed by atoms with Crippen LogP contribution in [0.4, 0.5) is 15.8 Å². The first-order valence-electron chi connectivity index (χ1n) is 9.14. The van der Waals surface area contributed by atoms with Crippen LogP contribution in [-0.4, -0.2) is 32.2 Å². The van der Waals surface area contributed by atoms with Gasteiger partial charge in [0.2, 0.25) is 5.91 Å². The second-order valence-electron chi connectivity index (χ2n) is 7.14. The molecule has 136 valence electrons. The van der Waals surface area contributed by atoms with E-state index >= 15 is 0 Å². The highest BCUT2D eigenvalue weighted by Gasteiger charge is 2.36. The topological polar surface area (TPSA) is 41.6 Å². The summed E-state index contributed by atoms with van der Waals surface area (Å²) in [6.45, 7) is 2.82. The van der Waals surface area contributed by atoms with E-state index in [1.165, 1.54) is 12.1 Å². The Morgan fingerprint density at radius 3 is 2.73 bits per heavy atom. The predicted octanol–water partition coefficient (Wildman–Crippen LogP) is 3.72. The molecule has 2 saturated heterocycles. The van der Waals surface area contributed by atoms with Crippen LogP contribution in [0.15, 0.2) is 48.5 Å². The number of hydrogen-bond acceptors (Lipinski definition) is 3. The molecule has 2 aromatic rings. The van der Waals surface area contributed by atoms with Crippen LogP contribution in [0.25, 0.3) is 0 Å². The van der Waals surface area contributed by atoms with Gasteiger partial charge < -0.3 is 15.0 Å². The van der Waals surface area contributed by atoms with E-state index in [4.69, 9.17) is 4.74 Å². The van der Waals surface area contributed by atoms with Gasteiger partial charge in [0.25, 0.3) is 0 Å². The van der Waals surface area contributed by atoms with Crippen LogP contribution in [0.5, 0.6) is 0 Å². The van der Waals surface area contributed by atoms with Gasteiger partial charge in [-0.1, -0.05) is 18.2 Å². The van der Waals surface area contributed by atoms with E-state index in [0.29, 0.717) is 26.2 Å². The lowest BCUT2D eigenvalue weighted by Gasteiger charge is -2.29. The number of nitrogens with one attached hydrogen (secondary N) is 1. The maximum Gasteiger partial charge on any atom is 0.227 e. The third-order valence-corrected chi connectivity index (χ3v) is 5.42. The van der Waals surface area contributed by atoms with E-state index in [2.05, 4.69) is 5.32 Å². The summed E-state index contributed by atoms with van der Waals surface area (Å²) in [6.07, 6.45) is 2.44. The largest absolute Gasteiger partial charge is 0.384 e. The summed E-state index contributed by atoms with van der Waals surface area (Å²) in [5.41, 5.74) is 2.86. The van der Waals surface area contributed by atoms with Crippen molar-refractivity contribution in [2.45, 2.75) is 24.7 Å². The maximum absolute atomic E-state index is 13.3. The Morgan fingerprint density at radius 2 is 2.04 bits per heavy atom. The molecule has 1 unspecified atom stereocenters. The van der Waals surface area contributed by atoms with Gasteiger partial charge in [-0.3, -0.25) is 4.79 Å². The van der Waals surface area contributed by atoms with Crippen LogP contribution in [0.2, 0.25) is 0 Å². The number of hydrogen-bond donors (Lipinski definition) is 1. The van der Waals surface area contributed by atoms with Crippen molar-refractivity contribution in [2.75, 3.05) is 36.5 Å². The second-order valence-corrected chi connectivity index (χ2v) is 7.14. The van der Waals surface area contributed by atoms with Gasteiger partial charge in [-0.25, -0.2) is 4.39 Å². The van der Waals surface area contributed by atoms with Crippen molar-refractivity contribution >= 4 is 17.3 Å². The molecule has 26 heavy (non-hydrogen) atoms. The van der Waals surface area contributed by atoms with E-state index in [9.17, 15) is 9.18 Å². The first kappa shape index (κ1) is 17.0. The number of carbonyl (C=O) groups is 1. The summed E-state index contributed by atoms with van der Waals surface area (Å²) in [6, 6.07) is 14.7. The van der Waals surface area contributed by atoms with E-state index in [1.807, 2.05) is 41.3 Å². The fourth-order valence-corrected chi connectivity index (χ4v) is 3.86. The molecule has 2 fully saturated rings. The van der Waals surface area contributed by atoms with Gasteiger partial charge in [0.15, 0.2) is 0 Å². The Bertz CT molecular complexity index is 785. The molecule has 5 heteroatoms. The van der Waals surface area contributed by atoms with E-state index in [0.717, 1.165) is 36.3 Å². The lowest BCUT2D eigenvalue weighted by molar-refractivity contribution is -0.117. The molecule has 2 heterocycles. The Labute approximate surface area is 153 Å². The molecular formula is C21H23FN2O2. The van der Waals surface area contributed by atoms with Gasteiger partial charge >= 0.3 is 0 Å². The van der Waals surface area contributed by atoms with Crippen molar-refractivity contribution in [2.24, 2.45) is 0 Å². The second kappa shape index (κ2) is 7.08. The van der Waals surface area contributed by atoms with Crippen molar-refractivity contribution in [3.05, 3.63) is 59.9 Å². The maximum atomic E-state index is 13.3. The molecule has 0 aliphatic carbocycles. The summed E-state index contributed by atoms with van der Waals surface area (Å²) in [7, 11) is 0. The zero-order valence-electron chi connectivity index (χ0n) is 14.7. The number of ether oxygens (including phenoxy) is 1. The number of anilines is 2. The summed E-state index contributed by atoms with van der Waals surface area (Å²) < 4.78 is 19.0. The number of amides is 1. The van der Waals surface area contributed by atoms with Crippen LogP contribution in [0, 0.1) is 5.82 Å². The fraction of sp³-hybridized carbons (Fsp3) is 0.381. The number of nitrogens with zero attached hydrogens (tertiary/aromatic N) is 1. The molecule has 4 nitrogen and oxygen atoms in total. The van der Waals surface area contributed by atoms with Gasteiger partial charge in [-0.15, -0.1) is 0 Å². The molecular weight excluding hydrogens is 331 g/mol. The van der Waals surface area contributed by atoms with Gasteiger partial charge in [0.05, 0.1) is 6.61 Å². The van der Waals surface area contributed by atoms with Gasteiger partial charge in [-0.2, -0.15) is 0 Å². The molecule has 0 spiro atoms. The Kier molecular flexibility index (Phi) is 4.64. The molecule has 2 aliphatic heterocycles. The average Bonchev–Trinajstić information content (AvgIpc) is 3.31. The first-order valence-corrected chi connectivity index (χ1v) is 9.14. The highest BCUT2D eigenvalue weighted by molar-refractivity contribution is 5.95. The zero-order valence-corrected chi connectivity index (χ0v) is 14.7. The molecule has 0 aromatic heterocycles. The van der Waals surface area contributed by atoms with E-state index in [1.54, 1.807) is 0 Å². The normalized spacial score (nSPS) is 22.8. The molecule has 1 atom stereocenters. The number of benzene rings is 2. The van der Waals surface area contributed by atoms with Crippen LogP contribution in [0.1, 0.15) is 24.8 Å². The van der Waals surface area contributed by atoms with Crippen molar-refractivity contribution in [1.82, 2.24) is 0 Å². The van der Waals surface area contributed by atoms with Crippen LogP contribution < -0.4 is 10.2 Å². The molecule has 0 saturated carbocycles. The third-order valence-electron chi connectivity index (χ3n) is 5.42. The molecule has 0 bridgehead atoms. The standard InChI is InChI=1S/C21H23FN2O2/c22-17-8-6-16(7-9-17)21(10-12-26-15-21)14-23-18-3-1-4-19(13-18)24-11-2-5-20(24)25/h1,3-4,6-9,13,23H,2,5,10-12,14-15H2. The monoisotopic (exact) mass is 354 g/mol. The minimum Gasteiger partial charge on any atom is -0.384 e. The highest BCUT2D eigenvalue weighted by Crippen LogP contribution is 2.34. The van der Waals surface area contributed by atoms with E-state index in [-0.39, 0.29) is 17.1 Å². The minimum absolute atomic E-state index is 0.160. The van der Waals surface area contributed by atoms with Crippen molar-refractivity contribution in [3.63, 3.8) is 0 Å². The summed E-state index contributed by atoms with van der Waals surface area (Å²) >= 11 is 0. The number of halogens is 1. The van der Waals surface area contributed by atoms with Gasteiger partial charge in [0, 0.05) is 42.9 Å². The van der Waals surface area contributed by atoms with E-state index < -0.39 is 0 Å². The van der Waals surface area contributed by atoms with Gasteiger partial charge in [-0.05, 0) is 48.7 Å². The van der Waals surface area contributed by atoms with Crippen LogP contribution >= 0.6 is 0 Å². The van der Waals surface area contributed by atoms with Crippen molar-refractivity contribution in [1.29, 1.82) is 0 Å². The Balaban J connectivity index is 1.51. The number of rotatable bonds is 5. The quantitative estimate of drug-likeness (QED) is 0.890. The molecule has 4 rings (SSSR count). The highest BCUT2D eigenvalue weighted by atomic mass is 19.1. The summed E-state index contributed by atoms with van der Waals surface area (Å²) in [5, 5.41) is 3.51. The van der Waals surface area contributed by atoms with Crippen LogP contribution in [0.3, 0.4) is 0 Å². The van der Waals surface area contributed by atoms with Crippen molar-refractivity contribution < 1.29 is 13.9 Å². The third kappa shape index (κ3) is 3.31. The number of carbonyl (C=O) groups excluding carboxylic acids is 1. The zero-order chi connectivity index (χ0) is 18.0. The lowest BCUT2D eigenvalue weighted by atomic mass is 9.79. The predicted molar refractivity (Wildman–Crippen MR) is 100 cm³/mol.